The van der Waals surface area contributed by atoms with Crippen molar-refractivity contribution in [1.29, 1.82) is 0 Å². The average Bonchev–Trinajstić information content (AvgIpc) is 2.91. The molecule has 4 aliphatic rings. The third-order valence-corrected chi connectivity index (χ3v) is 9.03. The number of esters is 2. The summed E-state index contributed by atoms with van der Waals surface area (Å²) >= 11 is 0. The van der Waals surface area contributed by atoms with E-state index in [0.717, 1.165) is 19.3 Å². The van der Waals surface area contributed by atoms with Gasteiger partial charge in [-0.15, -0.1) is 0 Å². The predicted octanol–water partition coefficient (Wildman–Crippen LogP) is 4.36. The Morgan fingerprint density at radius 3 is 2.54 bits per heavy atom. The second-order valence-corrected chi connectivity index (χ2v) is 10.6. The lowest BCUT2D eigenvalue weighted by Crippen LogP contribution is -2.65. The predicted molar refractivity (Wildman–Crippen MR) is 98.2 cm³/mol. The summed E-state index contributed by atoms with van der Waals surface area (Å²) in [6.07, 6.45) is 6.56. The number of ether oxygens (including phenoxy) is 2. The van der Waals surface area contributed by atoms with E-state index in [4.69, 9.17) is 9.47 Å². The van der Waals surface area contributed by atoms with Crippen LogP contribution in [0, 0.1) is 39.9 Å². The van der Waals surface area contributed by atoms with Crippen molar-refractivity contribution in [2.75, 3.05) is 6.61 Å². The summed E-state index contributed by atoms with van der Waals surface area (Å²) in [5.74, 6) is 0.980. The van der Waals surface area contributed by atoms with Crippen molar-refractivity contribution in [2.24, 2.45) is 39.9 Å². The van der Waals surface area contributed by atoms with Crippen LogP contribution in [0.4, 0.5) is 0 Å². The van der Waals surface area contributed by atoms with E-state index in [1.165, 1.54) is 26.2 Å². The molecule has 4 rings (SSSR count). The molecule has 0 aromatic heterocycles. The molecule has 0 spiro atoms. The lowest BCUT2D eigenvalue weighted by Gasteiger charge is -2.67. The highest BCUT2D eigenvalue weighted by Gasteiger charge is 2.68. The summed E-state index contributed by atoms with van der Waals surface area (Å²) in [5, 5.41) is 0. The molecular weight excluding hydrogens is 328 g/mol. The number of rotatable bonds is 1. The minimum atomic E-state index is -0.195. The van der Waals surface area contributed by atoms with E-state index in [1.807, 2.05) is 0 Å². The smallest absolute Gasteiger partial charge is 0.309 e. The van der Waals surface area contributed by atoms with Gasteiger partial charge in [-0.05, 0) is 54.8 Å². The van der Waals surface area contributed by atoms with Gasteiger partial charge in [-0.3, -0.25) is 9.59 Å². The van der Waals surface area contributed by atoms with E-state index >= 15 is 0 Å². The van der Waals surface area contributed by atoms with Crippen LogP contribution in [0.3, 0.4) is 0 Å². The fraction of sp³-hybridized carbons (Fsp3) is 0.909. The molecule has 4 nitrogen and oxygen atoms in total. The topological polar surface area (TPSA) is 52.6 Å². The van der Waals surface area contributed by atoms with Gasteiger partial charge in [0.15, 0.2) is 0 Å². The first-order chi connectivity index (χ1) is 12.1. The molecule has 0 amide bonds. The molecule has 1 aliphatic heterocycles. The Balaban J connectivity index is 1.80. The SMILES string of the molecule is CC(=O)O[C@@H]1C[C@H]2C(C)(C)CCC[C@]2(C)C2CC[C@H]3C(=O)OC[C@H]3[C@@]21C. The van der Waals surface area contributed by atoms with Crippen molar-refractivity contribution < 1.29 is 19.1 Å². The Morgan fingerprint density at radius 2 is 1.85 bits per heavy atom. The zero-order valence-corrected chi connectivity index (χ0v) is 17.0. The van der Waals surface area contributed by atoms with Gasteiger partial charge in [0.25, 0.3) is 0 Å². The Hall–Kier alpha value is -1.06. The monoisotopic (exact) mass is 362 g/mol. The van der Waals surface area contributed by atoms with Gasteiger partial charge in [-0.25, -0.2) is 0 Å². The maximum atomic E-state index is 12.3. The van der Waals surface area contributed by atoms with Crippen LogP contribution in [0.2, 0.25) is 0 Å². The first-order valence-corrected chi connectivity index (χ1v) is 10.4. The van der Waals surface area contributed by atoms with E-state index in [1.54, 1.807) is 0 Å². The van der Waals surface area contributed by atoms with Crippen molar-refractivity contribution in [3.63, 3.8) is 0 Å². The van der Waals surface area contributed by atoms with E-state index < -0.39 is 0 Å². The Labute approximate surface area is 157 Å². The highest BCUT2D eigenvalue weighted by Crippen LogP contribution is 2.70. The molecule has 1 heterocycles. The summed E-state index contributed by atoms with van der Waals surface area (Å²) in [7, 11) is 0. The van der Waals surface area contributed by atoms with Crippen molar-refractivity contribution >= 4 is 11.9 Å². The van der Waals surface area contributed by atoms with E-state index in [2.05, 4.69) is 27.7 Å². The van der Waals surface area contributed by atoms with Gasteiger partial charge in [0.05, 0.1) is 12.5 Å². The van der Waals surface area contributed by atoms with Crippen molar-refractivity contribution in [2.45, 2.75) is 79.2 Å². The molecule has 1 saturated heterocycles. The van der Waals surface area contributed by atoms with Gasteiger partial charge < -0.3 is 9.47 Å². The van der Waals surface area contributed by atoms with Crippen molar-refractivity contribution in [3.05, 3.63) is 0 Å². The summed E-state index contributed by atoms with van der Waals surface area (Å²) < 4.78 is 11.5. The second kappa shape index (κ2) is 5.72. The quantitative estimate of drug-likeness (QED) is 0.650. The van der Waals surface area contributed by atoms with Crippen LogP contribution in [-0.4, -0.2) is 24.6 Å². The molecule has 3 aliphatic carbocycles. The minimum Gasteiger partial charge on any atom is -0.465 e. The number of hydrogen-bond donors (Lipinski definition) is 0. The third kappa shape index (κ3) is 2.32. The maximum absolute atomic E-state index is 12.3. The molecule has 4 heteroatoms. The first-order valence-electron chi connectivity index (χ1n) is 10.4. The molecule has 3 saturated carbocycles. The van der Waals surface area contributed by atoms with Gasteiger partial charge in [-0.1, -0.05) is 34.1 Å². The Morgan fingerprint density at radius 1 is 1.12 bits per heavy atom. The third-order valence-electron chi connectivity index (χ3n) is 9.03. The van der Waals surface area contributed by atoms with Gasteiger partial charge in [0.2, 0.25) is 0 Å². The van der Waals surface area contributed by atoms with Gasteiger partial charge >= 0.3 is 11.9 Å². The minimum absolute atomic E-state index is 0.00828. The molecule has 7 atom stereocenters. The molecule has 0 radical (unpaired) electrons. The molecule has 4 fully saturated rings. The normalized spacial score (nSPS) is 49.4. The molecule has 0 aromatic rings. The fourth-order valence-corrected chi connectivity index (χ4v) is 7.93. The summed E-state index contributed by atoms with van der Waals surface area (Å²) in [6.45, 7) is 11.6. The zero-order chi connectivity index (χ0) is 18.9. The number of cyclic esters (lactones) is 1. The van der Waals surface area contributed by atoms with Crippen LogP contribution in [0.5, 0.6) is 0 Å². The maximum Gasteiger partial charge on any atom is 0.309 e. The molecule has 0 N–H and O–H groups in total. The molecule has 0 bridgehead atoms. The van der Waals surface area contributed by atoms with Gasteiger partial charge in [-0.2, -0.15) is 0 Å². The number of carbonyl (C=O) groups is 2. The highest BCUT2D eigenvalue weighted by atomic mass is 16.5. The summed E-state index contributed by atoms with van der Waals surface area (Å²) in [4.78, 5) is 24.3. The van der Waals surface area contributed by atoms with Crippen LogP contribution >= 0.6 is 0 Å². The van der Waals surface area contributed by atoms with Crippen LogP contribution in [-0.2, 0) is 19.1 Å². The van der Waals surface area contributed by atoms with E-state index in [0.29, 0.717) is 18.4 Å². The van der Waals surface area contributed by atoms with Gasteiger partial charge in [0, 0.05) is 18.3 Å². The largest absolute Gasteiger partial charge is 0.465 e. The lowest BCUT2D eigenvalue weighted by molar-refractivity contribution is -0.230. The number of carbonyl (C=O) groups excluding carboxylic acids is 2. The van der Waals surface area contributed by atoms with E-state index in [9.17, 15) is 9.59 Å². The number of fused-ring (bicyclic) bond motifs is 5. The summed E-state index contributed by atoms with van der Waals surface area (Å²) in [6, 6.07) is 0. The average molecular weight is 363 g/mol. The van der Waals surface area contributed by atoms with Crippen LogP contribution < -0.4 is 0 Å². The van der Waals surface area contributed by atoms with Crippen molar-refractivity contribution in [3.8, 4) is 0 Å². The van der Waals surface area contributed by atoms with Crippen LogP contribution in [0.15, 0.2) is 0 Å². The lowest BCUT2D eigenvalue weighted by atomic mass is 9.38. The van der Waals surface area contributed by atoms with E-state index in [-0.39, 0.29) is 46.1 Å². The Kier molecular flexibility index (Phi) is 4.03. The number of hydrogen-bond acceptors (Lipinski definition) is 4. The first kappa shape index (κ1) is 18.3. The second-order valence-electron chi connectivity index (χ2n) is 10.6. The molecule has 0 aromatic carbocycles. The summed E-state index contributed by atoms with van der Waals surface area (Å²) in [5.41, 5.74) is 0.356. The van der Waals surface area contributed by atoms with Crippen LogP contribution in [0.25, 0.3) is 0 Å². The molecule has 146 valence electrons. The highest BCUT2D eigenvalue weighted by molar-refractivity contribution is 5.75. The Bertz CT molecular complexity index is 626. The molecule has 1 unspecified atom stereocenters. The standard InChI is InChI=1S/C22H34O4/c1-13(23)26-18-11-17-20(2,3)9-6-10-21(17,4)16-8-7-14-15(22(16,18)5)12-25-19(14)24/h14-18H,6-12H2,1-5H3/t14-,15-,16?,17+,18-,21-,22+/m1/s1. The van der Waals surface area contributed by atoms with Gasteiger partial charge in [0.1, 0.15) is 6.10 Å². The fourth-order valence-electron chi connectivity index (χ4n) is 7.93. The molecular formula is C22H34O4. The molecule has 26 heavy (non-hydrogen) atoms. The zero-order valence-electron chi connectivity index (χ0n) is 17.0. The van der Waals surface area contributed by atoms with Crippen LogP contribution in [0.1, 0.15) is 73.1 Å². The van der Waals surface area contributed by atoms with Crippen molar-refractivity contribution in [1.82, 2.24) is 0 Å².